The third-order valence-electron chi connectivity index (χ3n) is 7.83. The first-order valence-corrected chi connectivity index (χ1v) is 12.8. The number of hydrogen-bond acceptors (Lipinski definition) is 5. The van der Waals surface area contributed by atoms with Crippen LogP contribution in [0.15, 0.2) is 48.5 Å². The Bertz CT molecular complexity index is 1000. The fraction of sp³-hybridized carbons (Fsp3) is 0.500. The summed E-state index contributed by atoms with van der Waals surface area (Å²) in [6.07, 6.45) is 4.05. The van der Waals surface area contributed by atoms with Gasteiger partial charge in [0.05, 0.1) is 6.54 Å². The number of benzene rings is 2. The molecule has 2 aromatic rings. The molecule has 1 amide bonds. The van der Waals surface area contributed by atoms with Crippen molar-refractivity contribution in [2.75, 3.05) is 63.8 Å². The van der Waals surface area contributed by atoms with Crippen molar-refractivity contribution in [1.29, 1.82) is 0 Å². The molecule has 0 N–H and O–H groups in total. The summed E-state index contributed by atoms with van der Waals surface area (Å²) in [5, 5.41) is 0. The van der Waals surface area contributed by atoms with Crippen molar-refractivity contribution in [1.82, 2.24) is 14.7 Å². The van der Waals surface area contributed by atoms with E-state index >= 15 is 0 Å². The van der Waals surface area contributed by atoms with E-state index in [1.807, 2.05) is 24.3 Å². The molecule has 3 aliphatic rings. The van der Waals surface area contributed by atoms with Crippen LogP contribution in [0.3, 0.4) is 0 Å². The van der Waals surface area contributed by atoms with Crippen molar-refractivity contribution >= 4 is 17.4 Å². The zero-order chi connectivity index (χ0) is 23.5. The third-order valence-corrected chi connectivity index (χ3v) is 7.83. The number of rotatable bonds is 6. The van der Waals surface area contributed by atoms with E-state index in [9.17, 15) is 9.59 Å². The molecule has 0 aromatic heterocycles. The fourth-order valence-corrected chi connectivity index (χ4v) is 5.32. The molecule has 3 fully saturated rings. The van der Waals surface area contributed by atoms with Gasteiger partial charge in [0.15, 0.2) is 5.78 Å². The first-order valence-electron chi connectivity index (χ1n) is 12.8. The fourth-order valence-electron chi connectivity index (χ4n) is 5.32. The van der Waals surface area contributed by atoms with Gasteiger partial charge in [-0.3, -0.25) is 19.4 Å². The van der Waals surface area contributed by atoms with E-state index in [0.717, 1.165) is 75.1 Å². The lowest BCUT2D eigenvalue weighted by molar-refractivity contribution is -0.134. The molecule has 2 aliphatic heterocycles. The molecule has 2 heterocycles. The Balaban J connectivity index is 1.11. The molecule has 0 radical (unpaired) electrons. The zero-order valence-corrected chi connectivity index (χ0v) is 20.3. The lowest BCUT2D eigenvalue weighted by Gasteiger charge is -2.43. The van der Waals surface area contributed by atoms with Gasteiger partial charge in [-0.05, 0) is 43.0 Å². The summed E-state index contributed by atoms with van der Waals surface area (Å²) in [5.74, 6) is 0.380. The largest absolute Gasteiger partial charge is 0.369 e. The molecule has 5 rings (SSSR count). The quantitative estimate of drug-likeness (QED) is 0.619. The van der Waals surface area contributed by atoms with Gasteiger partial charge in [0.1, 0.15) is 0 Å². The van der Waals surface area contributed by atoms with E-state index in [1.165, 1.54) is 24.9 Å². The maximum Gasteiger partial charge on any atom is 0.236 e. The number of Topliss-reactive ketones (excluding diaryl/α,β-unsaturated/α-hetero) is 1. The Morgan fingerprint density at radius 3 is 2.15 bits per heavy atom. The third kappa shape index (κ3) is 5.18. The molecule has 1 saturated carbocycles. The topological polar surface area (TPSA) is 47.1 Å². The Hall–Kier alpha value is -2.70. The molecule has 2 saturated heterocycles. The highest BCUT2D eigenvalue weighted by Crippen LogP contribution is 2.27. The monoisotopic (exact) mass is 460 g/mol. The van der Waals surface area contributed by atoms with Gasteiger partial charge in [0, 0.05) is 69.7 Å². The Kier molecular flexibility index (Phi) is 6.97. The van der Waals surface area contributed by atoms with Crippen molar-refractivity contribution < 1.29 is 9.59 Å². The molecule has 1 aliphatic carbocycles. The van der Waals surface area contributed by atoms with Gasteiger partial charge in [0.2, 0.25) is 5.91 Å². The van der Waals surface area contributed by atoms with E-state index in [2.05, 4.69) is 43.9 Å². The standard InChI is InChI=1S/C28H36N4O2/c1-22(33)23-8-10-24(11-9-23)25-4-2-7-27(20-25)31-14-12-29(13-15-31)21-28(34)32-18-16-30(17-19-32)26-5-3-6-26/h2,4,7-11,20,26H,3,5-6,12-19,21H2,1H3. The molecule has 6 heteroatoms. The molecule has 0 atom stereocenters. The minimum absolute atomic E-state index is 0.0904. The molecule has 0 bridgehead atoms. The van der Waals surface area contributed by atoms with Crippen molar-refractivity contribution in [2.24, 2.45) is 0 Å². The summed E-state index contributed by atoms with van der Waals surface area (Å²) >= 11 is 0. The number of nitrogens with zero attached hydrogens (tertiary/aromatic N) is 4. The number of piperazine rings is 2. The summed E-state index contributed by atoms with van der Waals surface area (Å²) in [7, 11) is 0. The highest BCUT2D eigenvalue weighted by molar-refractivity contribution is 5.94. The summed E-state index contributed by atoms with van der Waals surface area (Å²) < 4.78 is 0. The Labute approximate surface area is 203 Å². The van der Waals surface area contributed by atoms with Gasteiger partial charge < -0.3 is 9.80 Å². The molecule has 34 heavy (non-hydrogen) atoms. The van der Waals surface area contributed by atoms with Gasteiger partial charge >= 0.3 is 0 Å². The van der Waals surface area contributed by atoms with Crippen molar-refractivity contribution in [3.63, 3.8) is 0 Å². The number of hydrogen-bond donors (Lipinski definition) is 0. The van der Waals surface area contributed by atoms with Gasteiger partial charge in [-0.1, -0.05) is 42.8 Å². The van der Waals surface area contributed by atoms with Crippen LogP contribution in [0.1, 0.15) is 36.5 Å². The van der Waals surface area contributed by atoms with Crippen LogP contribution in [0.4, 0.5) is 5.69 Å². The maximum atomic E-state index is 12.9. The van der Waals surface area contributed by atoms with Crippen LogP contribution in [-0.4, -0.2) is 91.3 Å². The molecule has 0 spiro atoms. The van der Waals surface area contributed by atoms with Crippen LogP contribution in [0, 0.1) is 0 Å². The number of carbonyl (C=O) groups is 2. The summed E-state index contributed by atoms with van der Waals surface area (Å²) in [6, 6.07) is 17.2. The summed E-state index contributed by atoms with van der Waals surface area (Å²) in [4.78, 5) is 33.8. The predicted molar refractivity (Wildman–Crippen MR) is 136 cm³/mol. The second-order valence-electron chi connectivity index (χ2n) is 9.95. The minimum Gasteiger partial charge on any atom is -0.369 e. The zero-order valence-electron chi connectivity index (χ0n) is 20.3. The van der Waals surface area contributed by atoms with E-state index in [1.54, 1.807) is 6.92 Å². The highest BCUT2D eigenvalue weighted by Gasteiger charge is 2.30. The average Bonchev–Trinajstić information content (AvgIpc) is 2.84. The molecule has 0 unspecified atom stereocenters. The summed E-state index contributed by atoms with van der Waals surface area (Å²) in [6.45, 7) is 9.65. The molecule has 180 valence electrons. The maximum absolute atomic E-state index is 12.9. The van der Waals surface area contributed by atoms with E-state index in [-0.39, 0.29) is 11.7 Å². The van der Waals surface area contributed by atoms with E-state index in [0.29, 0.717) is 6.54 Å². The minimum atomic E-state index is 0.0904. The lowest BCUT2D eigenvalue weighted by Crippen LogP contribution is -2.56. The number of anilines is 1. The van der Waals surface area contributed by atoms with Gasteiger partial charge in [-0.2, -0.15) is 0 Å². The van der Waals surface area contributed by atoms with Crippen molar-refractivity contribution in [2.45, 2.75) is 32.2 Å². The van der Waals surface area contributed by atoms with Crippen LogP contribution >= 0.6 is 0 Å². The molecular formula is C28H36N4O2. The Morgan fingerprint density at radius 2 is 1.53 bits per heavy atom. The van der Waals surface area contributed by atoms with Crippen LogP contribution < -0.4 is 4.90 Å². The Morgan fingerprint density at radius 1 is 0.824 bits per heavy atom. The number of ketones is 1. The molecule has 2 aromatic carbocycles. The molecular weight excluding hydrogens is 424 g/mol. The van der Waals surface area contributed by atoms with Crippen LogP contribution in [0.25, 0.3) is 11.1 Å². The normalized spacial score (nSPS) is 20.3. The van der Waals surface area contributed by atoms with Gasteiger partial charge in [-0.15, -0.1) is 0 Å². The lowest BCUT2D eigenvalue weighted by atomic mass is 9.91. The van der Waals surface area contributed by atoms with E-state index in [4.69, 9.17) is 0 Å². The first kappa shape index (κ1) is 23.1. The highest BCUT2D eigenvalue weighted by atomic mass is 16.2. The smallest absolute Gasteiger partial charge is 0.236 e. The average molecular weight is 461 g/mol. The number of carbonyl (C=O) groups excluding carboxylic acids is 2. The SMILES string of the molecule is CC(=O)c1ccc(-c2cccc(N3CCN(CC(=O)N4CCN(C5CCC5)CC4)CC3)c2)cc1. The van der Waals surface area contributed by atoms with Crippen LogP contribution in [-0.2, 0) is 4.79 Å². The van der Waals surface area contributed by atoms with Crippen molar-refractivity contribution in [3.05, 3.63) is 54.1 Å². The van der Waals surface area contributed by atoms with Crippen LogP contribution in [0.5, 0.6) is 0 Å². The van der Waals surface area contributed by atoms with E-state index < -0.39 is 0 Å². The second kappa shape index (κ2) is 10.3. The van der Waals surface area contributed by atoms with Crippen molar-refractivity contribution in [3.8, 4) is 11.1 Å². The first-order chi connectivity index (χ1) is 16.6. The van der Waals surface area contributed by atoms with Crippen LogP contribution in [0.2, 0.25) is 0 Å². The second-order valence-corrected chi connectivity index (χ2v) is 9.95. The predicted octanol–water partition coefficient (Wildman–Crippen LogP) is 3.37. The van der Waals surface area contributed by atoms with Gasteiger partial charge in [0.25, 0.3) is 0 Å². The molecule has 6 nitrogen and oxygen atoms in total. The number of amides is 1. The van der Waals surface area contributed by atoms with Gasteiger partial charge in [-0.25, -0.2) is 0 Å². The summed E-state index contributed by atoms with van der Waals surface area (Å²) in [5.41, 5.74) is 4.23.